The molecule has 7 heteroatoms. The molecule has 2 bridgehead atoms. The van der Waals surface area contributed by atoms with Crippen LogP contribution in [0.1, 0.15) is 36.8 Å². The molecule has 3 aliphatic carbocycles. The first-order chi connectivity index (χ1) is 14.9. The van der Waals surface area contributed by atoms with Gasteiger partial charge in [-0.15, -0.1) is 6.58 Å². The summed E-state index contributed by atoms with van der Waals surface area (Å²) in [5.41, 5.74) is -0.0983. The number of nitrogens with one attached hydrogen (secondary N) is 1. The number of phenols is 1. The highest BCUT2D eigenvalue weighted by molar-refractivity contribution is 5.80. The second kappa shape index (κ2) is 6.47. The number of likely N-dealkylation sites (tertiary alicyclic amines) is 1. The van der Waals surface area contributed by atoms with E-state index in [1.165, 1.54) is 12.8 Å². The fourth-order valence-corrected chi connectivity index (χ4v) is 7.04. The highest BCUT2D eigenvalue weighted by Gasteiger charge is 2.75. The summed E-state index contributed by atoms with van der Waals surface area (Å²) in [5, 5.41) is 37.1. The Kier molecular flexibility index (Phi) is 4.08. The summed E-state index contributed by atoms with van der Waals surface area (Å²) in [5.74, 6) is 0.0113. The van der Waals surface area contributed by atoms with Crippen molar-refractivity contribution in [2.45, 2.75) is 61.4 Å². The molecule has 1 spiro atoms. The van der Waals surface area contributed by atoms with Gasteiger partial charge in [0.25, 0.3) is 0 Å². The van der Waals surface area contributed by atoms with E-state index in [1.54, 1.807) is 12.1 Å². The Morgan fingerprint density at radius 2 is 2.19 bits per heavy atom. The molecule has 2 aliphatic heterocycles. The van der Waals surface area contributed by atoms with E-state index in [0.717, 1.165) is 24.2 Å². The molecule has 7 nitrogen and oxygen atoms in total. The molecule has 166 valence electrons. The van der Waals surface area contributed by atoms with Crippen molar-refractivity contribution in [2.24, 2.45) is 11.8 Å². The van der Waals surface area contributed by atoms with Gasteiger partial charge < -0.3 is 25.4 Å². The highest BCUT2D eigenvalue weighted by Crippen LogP contribution is 2.66. The topological polar surface area (TPSA) is 102 Å². The van der Waals surface area contributed by atoms with E-state index in [2.05, 4.69) is 16.8 Å². The largest absolute Gasteiger partial charge is 0.504 e. The summed E-state index contributed by atoms with van der Waals surface area (Å²) in [7, 11) is 0. The predicted octanol–water partition coefficient (Wildman–Crippen LogP) is 0.845. The van der Waals surface area contributed by atoms with Gasteiger partial charge in [0, 0.05) is 24.7 Å². The molecule has 4 N–H and O–H groups in total. The summed E-state index contributed by atoms with van der Waals surface area (Å²) in [4.78, 5) is 15.4. The molecule has 6 rings (SSSR count). The van der Waals surface area contributed by atoms with Gasteiger partial charge in [-0.05, 0) is 56.2 Å². The number of ether oxygens (including phenoxy) is 1. The molecule has 31 heavy (non-hydrogen) atoms. The monoisotopic (exact) mass is 426 g/mol. The molecule has 0 aromatic heterocycles. The number of hydrogen-bond donors (Lipinski definition) is 4. The minimum Gasteiger partial charge on any atom is -0.504 e. The number of aliphatic hydroxyl groups excluding tert-OH is 1. The Balaban J connectivity index is 1.49. The number of phenolic OH excluding ortho intramolecular Hbond substituents is 1. The summed E-state index contributed by atoms with van der Waals surface area (Å²) < 4.78 is 6.22. The van der Waals surface area contributed by atoms with Gasteiger partial charge in [0.15, 0.2) is 11.5 Å². The second-order valence-corrected chi connectivity index (χ2v) is 10.1. The number of piperidine rings is 1. The molecule has 3 fully saturated rings. The number of rotatable bonds is 5. The van der Waals surface area contributed by atoms with E-state index in [9.17, 15) is 20.1 Å². The first-order valence-electron chi connectivity index (χ1n) is 11.5. The molecule has 0 radical (unpaired) electrons. The van der Waals surface area contributed by atoms with Crippen LogP contribution in [0.5, 0.6) is 11.5 Å². The van der Waals surface area contributed by atoms with Crippen LogP contribution < -0.4 is 10.1 Å². The fraction of sp³-hybridized carbons (Fsp3) is 0.625. The van der Waals surface area contributed by atoms with Crippen LogP contribution >= 0.6 is 0 Å². The van der Waals surface area contributed by atoms with Gasteiger partial charge in [0.2, 0.25) is 5.91 Å². The Bertz CT molecular complexity index is 962. The van der Waals surface area contributed by atoms with Gasteiger partial charge in [-0.1, -0.05) is 12.1 Å². The zero-order chi connectivity index (χ0) is 21.5. The number of carbonyl (C=O) groups is 1. The van der Waals surface area contributed by atoms with Gasteiger partial charge in [0.1, 0.15) is 12.2 Å². The van der Waals surface area contributed by atoms with Crippen LogP contribution in [0, 0.1) is 11.8 Å². The van der Waals surface area contributed by atoms with Crippen LogP contribution in [-0.4, -0.2) is 69.6 Å². The van der Waals surface area contributed by atoms with E-state index >= 15 is 0 Å². The van der Waals surface area contributed by atoms with Crippen molar-refractivity contribution < 1.29 is 24.9 Å². The third-order valence-electron chi connectivity index (χ3n) is 8.57. The number of hydrogen-bond acceptors (Lipinski definition) is 6. The Hall–Kier alpha value is -2.09. The summed E-state index contributed by atoms with van der Waals surface area (Å²) in [6, 6.07) is 3.44. The van der Waals surface area contributed by atoms with Crippen molar-refractivity contribution in [3.63, 3.8) is 0 Å². The highest BCUT2D eigenvalue weighted by atomic mass is 16.5. The van der Waals surface area contributed by atoms with Gasteiger partial charge in [0.05, 0.1) is 16.9 Å². The maximum atomic E-state index is 13.0. The van der Waals surface area contributed by atoms with Crippen LogP contribution in [0.15, 0.2) is 24.8 Å². The molecule has 2 saturated carbocycles. The standard InChI is InChI=1S/C24H30N2O5/c1-2-8-25-22(29)15-11-24(30)17-10-14-5-6-16(27)20-18(14)23(24,21(31-20)19(15)28)7-9-26(17)12-13-3-4-13/h2,5-6,13,15,17,19,21,27-28,30H,1,3-4,7-12H2,(H,25,29)/t15-,17+,19-,21-,23-,24+/m0/s1. The van der Waals surface area contributed by atoms with Crippen molar-refractivity contribution in [3.05, 3.63) is 35.9 Å². The molecular weight excluding hydrogens is 396 g/mol. The maximum absolute atomic E-state index is 13.0. The van der Waals surface area contributed by atoms with E-state index in [0.29, 0.717) is 31.1 Å². The van der Waals surface area contributed by atoms with Crippen LogP contribution in [0.2, 0.25) is 0 Å². The molecule has 6 atom stereocenters. The Morgan fingerprint density at radius 1 is 1.39 bits per heavy atom. The molecule has 5 aliphatic rings. The number of aromatic hydroxyl groups is 1. The maximum Gasteiger partial charge on any atom is 0.226 e. The lowest BCUT2D eigenvalue weighted by Gasteiger charge is -2.64. The van der Waals surface area contributed by atoms with Crippen LogP contribution in [-0.2, 0) is 16.6 Å². The van der Waals surface area contributed by atoms with Crippen molar-refractivity contribution in [1.29, 1.82) is 0 Å². The van der Waals surface area contributed by atoms with Crippen molar-refractivity contribution in [2.75, 3.05) is 19.6 Å². The van der Waals surface area contributed by atoms with Crippen molar-refractivity contribution >= 4 is 5.91 Å². The lowest BCUT2D eigenvalue weighted by molar-refractivity contribution is -0.223. The number of amides is 1. The average molecular weight is 427 g/mol. The normalized spacial score (nSPS) is 40.1. The lowest BCUT2D eigenvalue weighted by atomic mass is 9.47. The number of benzene rings is 1. The lowest BCUT2D eigenvalue weighted by Crippen LogP contribution is -2.79. The second-order valence-electron chi connectivity index (χ2n) is 10.1. The van der Waals surface area contributed by atoms with Gasteiger partial charge in [-0.2, -0.15) is 0 Å². The predicted molar refractivity (Wildman–Crippen MR) is 113 cm³/mol. The number of aliphatic hydroxyl groups is 2. The van der Waals surface area contributed by atoms with E-state index in [4.69, 9.17) is 4.74 Å². The quantitative estimate of drug-likeness (QED) is 0.521. The molecule has 2 heterocycles. The zero-order valence-corrected chi connectivity index (χ0v) is 17.6. The van der Waals surface area contributed by atoms with E-state index < -0.39 is 29.1 Å². The average Bonchev–Trinajstić information content (AvgIpc) is 3.49. The third kappa shape index (κ3) is 2.42. The molecular formula is C24H30N2O5. The summed E-state index contributed by atoms with van der Waals surface area (Å²) in [6.45, 7) is 5.73. The summed E-state index contributed by atoms with van der Waals surface area (Å²) >= 11 is 0. The molecule has 1 aromatic rings. The third-order valence-corrected chi connectivity index (χ3v) is 8.57. The van der Waals surface area contributed by atoms with Crippen LogP contribution in [0.3, 0.4) is 0 Å². The minimum absolute atomic E-state index is 0.0311. The molecule has 1 amide bonds. The Morgan fingerprint density at radius 3 is 2.94 bits per heavy atom. The van der Waals surface area contributed by atoms with Gasteiger partial charge in [-0.25, -0.2) is 0 Å². The van der Waals surface area contributed by atoms with Crippen molar-refractivity contribution in [1.82, 2.24) is 10.2 Å². The van der Waals surface area contributed by atoms with Crippen molar-refractivity contribution in [3.8, 4) is 11.5 Å². The summed E-state index contributed by atoms with van der Waals surface area (Å²) in [6.07, 6.45) is 3.70. The molecule has 1 saturated heterocycles. The first-order valence-corrected chi connectivity index (χ1v) is 11.5. The first kappa shape index (κ1) is 19.6. The van der Waals surface area contributed by atoms with Gasteiger partial charge >= 0.3 is 0 Å². The van der Waals surface area contributed by atoms with E-state index in [-0.39, 0.29) is 24.1 Å². The zero-order valence-electron chi connectivity index (χ0n) is 17.6. The van der Waals surface area contributed by atoms with Gasteiger partial charge in [-0.3, -0.25) is 9.69 Å². The number of carbonyl (C=O) groups excluding carboxylic acids is 1. The smallest absolute Gasteiger partial charge is 0.226 e. The van der Waals surface area contributed by atoms with E-state index in [1.807, 2.05) is 6.07 Å². The fourth-order valence-electron chi connectivity index (χ4n) is 7.04. The van der Waals surface area contributed by atoms with Crippen LogP contribution in [0.25, 0.3) is 0 Å². The minimum atomic E-state index is -1.22. The number of nitrogens with zero attached hydrogens (tertiary/aromatic N) is 1. The molecule has 0 unspecified atom stereocenters. The SMILES string of the molecule is C=CCNC(=O)[C@H]1C[C@@]2(O)[C@H]3Cc4ccc(O)c5c4[C@@]2(CCN3CC2CC2)[C@@H](O5)[C@H]1O. The van der Waals surface area contributed by atoms with Crippen LogP contribution in [0.4, 0.5) is 0 Å². The Labute approximate surface area is 181 Å². The molecule has 1 aromatic carbocycles.